The number of nitrogens with zero attached hydrogens (tertiary/aromatic N) is 1. The zero-order chi connectivity index (χ0) is 24.7. The van der Waals surface area contributed by atoms with Gasteiger partial charge in [-0.15, -0.1) is 0 Å². The maximum atomic E-state index is 12.9. The normalized spacial score (nSPS) is 25.7. The van der Waals surface area contributed by atoms with Gasteiger partial charge in [0, 0.05) is 87.1 Å². The van der Waals surface area contributed by atoms with E-state index >= 15 is 0 Å². The molecule has 2 atom stereocenters. The van der Waals surface area contributed by atoms with Crippen LogP contribution < -0.4 is 4.52 Å². The minimum Gasteiger partial charge on any atom is -0.404 e. The van der Waals surface area contributed by atoms with Gasteiger partial charge in [0.2, 0.25) is 5.76 Å². The van der Waals surface area contributed by atoms with Crippen LogP contribution in [0.15, 0.2) is 28.8 Å². The standard InChI is InChI=1S/C20H23F3NO8P.2Na/c1-16(2,3)20-17(4,5)10-28-18(20,31-32-20)11-6-7-12(14(8-11)30-33(25,26)27)13-9-15(29-24-13)19(21,22)23;;/h6-9H,10H2,1-5H3,(H2,25,26,27);;. The third-order valence-electron chi connectivity index (χ3n) is 6.04. The van der Waals surface area contributed by atoms with Gasteiger partial charge in [-0.3, -0.25) is 9.79 Å². The van der Waals surface area contributed by atoms with E-state index in [2.05, 4.69) is 9.68 Å². The predicted molar refractivity (Wildman–Crippen MR) is 117 cm³/mol. The zero-order valence-electron chi connectivity index (χ0n) is 20.4. The van der Waals surface area contributed by atoms with Crippen molar-refractivity contribution in [2.75, 3.05) is 6.61 Å². The van der Waals surface area contributed by atoms with Crippen LogP contribution in [-0.4, -0.2) is 86.3 Å². The molecule has 0 saturated carbocycles. The molecule has 4 rings (SSSR count). The Morgan fingerprint density at radius 3 is 2.17 bits per heavy atom. The van der Waals surface area contributed by atoms with Gasteiger partial charge in [-0.25, -0.2) is 9.45 Å². The predicted octanol–water partition coefficient (Wildman–Crippen LogP) is 4.03. The summed E-state index contributed by atoms with van der Waals surface area (Å²) >= 11 is 0. The van der Waals surface area contributed by atoms with E-state index in [1.807, 2.05) is 34.6 Å². The Labute approximate surface area is 243 Å². The molecule has 184 valence electrons. The van der Waals surface area contributed by atoms with Crippen molar-refractivity contribution < 1.29 is 51.1 Å². The Morgan fingerprint density at radius 2 is 1.71 bits per heavy atom. The van der Waals surface area contributed by atoms with Crippen molar-refractivity contribution >= 4 is 66.9 Å². The van der Waals surface area contributed by atoms with Crippen LogP contribution in [0.25, 0.3) is 11.3 Å². The van der Waals surface area contributed by atoms with E-state index < -0.39 is 47.7 Å². The summed E-state index contributed by atoms with van der Waals surface area (Å²) < 4.78 is 65.7. The topological polar surface area (TPSA) is 120 Å². The summed E-state index contributed by atoms with van der Waals surface area (Å²) in [5.41, 5.74) is -2.18. The smallest absolute Gasteiger partial charge is 0.404 e. The Hall–Kier alpha value is 0.0500. The van der Waals surface area contributed by atoms with E-state index in [4.69, 9.17) is 19.0 Å². The minimum absolute atomic E-state index is 0. The van der Waals surface area contributed by atoms with Gasteiger partial charge in [0.15, 0.2) is 5.60 Å². The van der Waals surface area contributed by atoms with E-state index in [9.17, 15) is 27.5 Å². The molecule has 35 heavy (non-hydrogen) atoms. The maximum absolute atomic E-state index is 12.9. The molecule has 2 N–H and O–H groups in total. The third kappa shape index (κ3) is 4.95. The van der Waals surface area contributed by atoms with E-state index in [1.54, 1.807) is 0 Å². The Bertz CT molecular complexity index is 1150. The summed E-state index contributed by atoms with van der Waals surface area (Å²) in [6, 6.07) is 4.64. The molecular weight excluding hydrogens is 516 g/mol. The number of hydrogen-bond donors (Lipinski definition) is 2. The SMILES string of the molecule is CC(C)(C)C12OOC1(c1ccc(-c3cc(C(F)(F)F)on3)c(OP(=O)(O)O)c1)OCC2(C)C.[Na].[Na]. The van der Waals surface area contributed by atoms with Gasteiger partial charge in [-0.1, -0.05) is 45.8 Å². The van der Waals surface area contributed by atoms with Gasteiger partial charge in [-0.2, -0.15) is 18.1 Å². The van der Waals surface area contributed by atoms with Crippen molar-refractivity contribution in [1.82, 2.24) is 5.16 Å². The van der Waals surface area contributed by atoms with Crippen LogP contribution in [0.2, 0.25) is 0 Å². The van der Waals surface area contributed by atoms with Crippen molar-refractivity contribution in [2.45, 2.75) is 52.2 Å². The molecule has 1 aromatic carbocycles. The Balaban J connectivity index is 0.00000216. The molecule has 2 aliphatic heterocycles. The first-order valence-electron chi connectivity index (χ1n) is 9.88. The molecule has 0 spiro atoms. The fourth-order valence-corrected chi connectivity index (χ4v) is 5.32. The molecule has 0 amide bonds. The maximum Gasteiger partial charge on any atom is 0.524 e. The number of phosphoric acid groups is 1. The summed E-state index contributed by atoms with van der Waals surface area (Å²) in [6.07, 6.45) is -4.79. The monoisotopic (exact) mass is 539 g/mol. The molecule has 3 heterocycles. The van der Waals surface area contributed by atoms with E-state index in [-0.39, 0.29) is 77.0 Å². The average molecular weight is 539 g/mol. The first-order valence-corrected chi connectivity index (χ1v) is 11.4. The first kappa shape index (κ1) is 31.3. The average Bonchev–Trinajstić information content (AvgIpc) is 3.13. The van der Waals surface area contributed by atoms with Crippen LogP contribution in [0.1, 0.15) is 45.9 Å². The number of fused-ring (bicyclic) bond motifs is 1. The second-order valence-corrected chi connectivity index (χ2v) is 10.9. The molecular formula is C20H23F3NNa2O8P. The van der Waals surface area contributed by atoms with Crippen molar-refractivity contribution in [3.63, 3.8) is 0 Å². The van der Waals surface area contributed by atoms with Crippen LogP contribution in [0.4, 0.5) is 13.2 Å². The van der Waals surface area contributed by atoms with Crippen molar-refractivity contribution in [3.05, 3.63) is 35.6 Å². The number of alkyl halides is 3. The van der Waals surface area contributed by atoms with Gasteiger partial charge in [-0.05, 0) is 12.1 Å². The summed E-state index contributed by atoms with van der Waals surface area (Å²) in [5, 5.41) is 3.38. The van der Waals surface area contributed by atoms with Gasteiger partial charge in [0.1, 0.15) is 11.4 Å². The Morgan fingerprint density at radius 1 is 1.09 bits per heavy atom. The van der Waals surface area contributed by atoms with Crippen LogP contribution in [0, 0.1) is 10.8 Å². The largest absolute Gasteiger partial charge is 0.524 e. The Kier molecular flexibility index (Phi) is 8.63. The molecule has 2 aliphatic rings. The molecule has 2 unspecified atom stereocenters. The van der Waals surface area contributed by atoms with Crippen LogP contribution in [0.5, 0.6) is 5.75 Å². The fraction of sp³-hybridized carbons (Fsp3) is 0.550. The van der Waals surface area contributed by atoms with Crippen LogP contribution in [0.3, 0.4) is 0 Å². The zero-order valence-corrected chi connectivity index (χ0v) is 25.3. The van der Waals surface area contributed by atoms with Gasteiger partial charge in [0.25, 0.3) is 5.79 Å². The van der Waals surface area contributed by atoms with E-state index in [0.29, 0.717) is 11.6 Å². The van der Waals surface area contributed by atoms with Crippen molar-refractivity contribution in [2.24, 2.45) is 10.8 Å². The summed E-state index contributed by atoms with van der Waals surface area (Å²) in [4.78, 5) is 30.0. The molecule has 2 saturated heterocycles. The van der Waals surface area contributed by atoms with Crippen molar-refractivity contribution in [3.8, 4) is 17.0 Å². The number of phosphoric ester groups is 1. The number of benzene rings is 1. The number of hydrogen-bond acceptors (Lipinski definition) is 7. The summed E-state index contributed by atoms with van der Waals surface area (Å²) in [7, 11) is -5.10. The van der Waals surface area contributed by atoms with E-state index in [0.717, 1.165) is 0 Å². The molecule has 15 heteroatoms. The van der Waals surface area contributed by atoms with Crippen molar-refractivity contribution in [1.29, 1.82) is 0 Å². The molecule has 2 aromatic rings. The molecule has 0 bridgehead atoms. The number of halogens is 3. The van der Waals surface area contributed by atoms with Crippen LogP contribution >= 0.6 is 7.82 Å². The third-order valence-corrected chi connectivity index (χ3v) is 6.47. The molecule has 2 fully saturated rings. The fourth-order valence-electron chi connectivity index (χ4n) is 4.91. The van der Waals surface area contributed by atoms with Crippen LogP contribution in [-0.2, 0) is 31.0 Å². The number of rotatable bonds is 4. The number of ether oxygens (including phenoxy) is 1. The van der Waals surface area contributed by atoms with E-state index in [1.165, 1.54) is 18.2 Å². The molecule has 1 aromatic heterocycles. The molecule has 2 radical (unpaired) electrons. The number of aromatic nitrogens is 1. The molecule has 0 aliphatic carbocycles. The quantitative estimate of drug-likeness (QED) is 0.337. The van der Waals surface area contributed by atoms with Gasteiger partial charge >= 0.3 is 14.0 Å². The summed E-state index contributed by atoms with van der Waals surface area (Å²) in [5.74, 6) is -3.24. The van der Waals surface area contributed by atoms with Gasteiger partial charge in [0.05, 0.1) is 6.61 Å². The summed E-state index contributed by atoms with van der Waals surface area (Å²) in [6.45, 7) is 9.96. The first-order chi connectivity index (χ1) is 14.9. The van der Waals surface area contributed by atoms with Gasteiger partial charge < -0.3 is 13.8 Å². The minimum atomic E-state index is -5.10. The second kappa shape index (κ2) is 9.66. The second-order valence-electron chi connectivity index (χ2n) is 9.75. The molecule has 9 nitrogen and oxygen atoms in total.